The molecule has 0 aromatic heterocycles. The monoisotopic (exact) mass is 493 g/mol. The third kappa shape index (κ3) is 7.82. The number of hydrogen-bond acceptors (Lipinski definition) is 3. The van der Waals surface area contributed by atoms with Crippen molar-refractivity contribution in [2.75, 3.05) is 26.4 Å². The highest BCUT2D eigenvalue weighted by atomic mass is 127. The second-order valence-corrected chi connectivity index (χ2v) is 9.20. The van der Waals surface area contributed by atoms with E-state index in [9.17, 15) is 8.42 Å². The molecule has 2 atom stereocenters. The average Bonchev–Trinajstić information content (AvgIpc) is 2.57. The predicted octanol–water partition coefficient (Wildman–Crippen LogP) is 3.24. The van der Waals surface area contributed by atoms with Gasteiger partial charge in [-0.1, -0.05) is 31.9 Å². The van der Waals surface area contributed by atoms with Crippen LogP contribution in [0.5, 0.6) is 0 Å². The molecule has 1 aromatic rings. The molecule has 1 aliphatic rings. The highest BCUT2D eigenvalue weighted by Crippen LogP contribution is 2.27. The lowest BCUT2D eigenvalue weighted by Crippen LogP contribution is -2.41. The van der Waals surface area contributed by atoms with Crippen LogP contribution in [-0.2, 0) is 16.3 Å². The van der Waals surface area contributed by atoms with Gasteiger partial charge in [0.05, 0.1) is 4.90 Å². The zero-order valence-corrected chi connectivity index (χ0v) is 19.1. The summed E-state index contributed by atoms with van der Waals surface area (Å²) < 4.78 is 22.9. The standard InChI is InChI=1S/C19H31N3O2S.HI/c1-15-5-4-6-17(13-15)14-22-19(20-2)21-12-11-16-7-9-18(10-8-16)25(3,23)24;/h7-10,15,17H,4-6,11-14H2,1-3H3,(H2,20,21,22);1H. The van der Waals surface area contributed by atoms with Gasteiger partial charge < -0.3 is 10.6 Å². The van der Waals surface area contributed by atoms with E-state index >= 15 is 0 Å². The van der Waals surface area contributed by atoms with Crippen LogP contribution in [0, 0.1) is 11.8 Å². The van der Waals surface area contributed by atoms with E-state index in [1.54, 1.807) is 19.2 Å². The summed E-state index contributed by atoms with van der Waals surface area (Å²) in [5.74, 6) is 2.42. The number of nitrogens with one attached hydrogen (secondary N) is 2. The molecule has 7 heteroatoms. The summed E-state index contributed by atoms with van der Waals surface area (Å²) in [5.41, 5.74) is 1.11. The normalized spacial score (nSPS) is 21.0. The highest BCUT2D eigenvalue weighted by molar-refractivity contribution is 14.0. The molecule has 0 bridgehead atoms. The fourth-order valence-electron chi connectivity index (χ4n) is 3.44. The molecule has 0 saturated heterocycles. The Labute approximate surface area is 175 Å². The Hall–Kier alpha value is -0.830. The van der Waals surface area contributed by atoms with Crippen LogP contribution in [-0.4, -0.2) is 40.8 Å². The SMILES string of the molecule is CN=C(NCCc1ccc(S(C)(=O)=O)cc1)NCC1CCCC(C)C1.I. The number of aliphatic imine (C=N–C) groups is 1. The molecule has 2 rings (SSSR count). The number of benzene rings is 1. The Kier molecular flexibility index (Phi) is 9.92. The molecule has 0 heterocycles. The van der Waals surface area contributed by atoms with Crippen molar-refractivity contribution in [1.29, 1.82) is 0 Å². The van der Waals surface area contributed by atoms with Crippen molar-refractivity contribution in [3.63, 3.8) is 0 Å². The molecule has 1 aliphatic carbocycles. The molecule has 148 valence electrons. The third-order valence-corrected chi connectivity index (χ3v) is 6.01. The van der Waals surface area contributed by atoms with Crippen LogP contribution in [0.2, 0.25) is 0 Å². The van der Waals surface area contributed by atoms with Crippen molar-refractivity contribution in [3.05, 3.63) is 29.8 Å². The van der Waals surface area contributed by atoms with E-state index in [4.69, 9.17) is 0 Å². The quantitative estimate of drug-likeness (QED) is 0.363. The Balaban J connectivity index is 0.00000338. The molecule has 1 saturated carbocycles. The van der Waals surface area contributed by atoms with E-state index in [-0.39, 0.29) is 24.0 Å². The fraction of sp³-hybridized carbons (Fsp3) is 0.632. The number of nitrogens with zero attached hydrogens (tertiary/aromatic N) is 1. The summed E-state index contributed by atoms with van der Waals surface area (Å²) in [5, 5.41) is 6.77. The number of halogens is 1. The van der Waals surface area contributed by atoms with E-state index in [1.165, 1.54) is 31.9 Å². The predicted molar refractivity (Wildman–Crippen MR) is 119 cm³/mol. The lowest BCUT2D eigenvalue weighted by molar-refractivity contribution is 0.282. The molecular weight excluding hydrogens is 461 g/mol. The van der Waals surface area contributed by atoms with Gasteiger partial charge in [0.15, 0.2) is 15.8 Å². The van der Waals surface area contributed by atoms with Crippen LogP contribution >= 0.6 is 24.0 Å². The lowest BCUT2D eigenvalue weighted by atomic mass is 9.82. The van der Waals surface area contributed by atoms with Gasteiger partial charge in [-0.3, -0.25) is 4.99 Å². The van der Waals surface area contributed by atoms with Gasteiger partial charge in [-0.15, -0.1) is 24.0 Å². The molecule has 26 heavy (non-hydrogen) atoms. The molecule has 0 aliphatic heterocycles. The fourth-order valence-corrected chi connectivity index (χ4v) is 4.07. The van der Waals surface area contributed by atoms with Crippen LogP contribution in [0.1, 0.15) is 38.2 Å². The largest absolute Gasteiger partial charge is 0.356 e. The molecule has 1 aromatic carbocycles. The second-order valence-electron chi connectivity index (χ2n) is 7.18. The van der Waals surface area contributed by atoms with E-state index in [2.05, 4.69) is 22.5 Å². The molecule has 0 spiro atoms. The van der Waals surface area contributed by atoms with Crippen molar-refractivity contribution in [2.45, 2.75) is 43.9 Å². The zero-order valence-electron chi connectivity index (χ0n) is 16.0. The van der Waals surface area contributed by atoms with Gasteiger partial charge in [-0.25, -0.2) is 8.42 Å². The minimum Gasteiger partial charge on any atom is -0.356 e. The smallest absolute Gasteiger partial charge is 0.190 e. The summed E-state index contributed by atoms with van der Waals surface area (Å²) in [6, 6.07) is 7.08. The maximum Gasteiger partial charge on any atom is 0.190 e. The topological polar surface area (TPSA) is 70.6 Å². The maximum absolute atomic E-state index is 11.5. The van der Waals surface area contributed by atoms with Gasteiger partial charge in [-0.05, 0) is 48.8 Å². The van der Waals surface area contributed by atoms with E-state index in [0.29, 0.717) is 4.90 Å². The van der Waals surface area contributed by atoms with E-state index in [1.807, 2.05) is 12.1 Å². The molecule has 2 unspecified atom stereocenters. The minimum absolute atomic E-state index is 0. The zero-order chi connectivity index (χ0) is 18.3. The van der Waals surface area contributed by atoms with Crippen LogP contribution in [0.4, 0.5) is 0 Å². The lowest BCUT2D eigenvalue weighted by Gasteiger charge is -2.27. The van der Waals surface area contributed by atoms with Gasteiger partial charge in [0.25, 0.3) is 0 Å². The molecular formula is C19H32IN3O2S. The van der Waals surface area contributed by atoms with Crippen molar-refractivity contribution < 1.29 is 8.42 Å². The minimum atomic E-state index is -3.12. The number of guanidine groups is 1. The van der Waals surface area contributed by atoms with Crippen LogP contribution < -0.4 is 10.6 Å². The van der Waals surface area contributed by atoms with Gasteiger partial charge in [-0.2, -0.15) is 0 Å². The maximum atomic E-state index is 11.5. The number of rotatable bonds is 6. The van der Waals surface area contributed by atoms with Gasteiger partial charge in [0.1, 0.15) is 0 Å². The summed E-state index contributed by atoms with van der Waals surface area (Å²) in [7, 11) is -1.33. The molecule has 1 fully saturated rings. The highest BCUT2D eigenvalue weighted by Gasteiger charge is 2.18. The first-order valence-electron chi connectivity index (χ1n) is 9.12. The van der Waals surface area contributed by atoms with Crippen molar-refractivity contribution in [2.24, 2.45) is 16.8 Å². The number of sulfone groups is 1. The first-order valence-corrected chi connectivity index (χ1v) is 11.0. The number of hydrogen-bond donors (Lipinski definition) is 2. The molecule has 5 nitrogen and oxygen atoms in total. The third-order valence-electron chi connectivity index (χ3n) is 4.88. The van der Waals surface area contributed by atoms with E-state index < -0.39 is 9.84 Å². The summed E-state index contributed by atoms with van der Waals surface area (Å²) in [6.07, 6.45) is 7.36. The van der Waals surface area contributed by atoms with Crippen molar-refractivity contribution >= 4 is 39.8 Å². The molecule has 0 radical (unpaired) electrons. The first-order chi connectivity index (χ1) is 11.9. The molecule has 0 amide bonds. The Morgan fingerprint density at radius 1 is 1.19 bits per heavy atom. The Morgan fingerprint density at radius 3 is 2.46 bits per heavy atom. The summed E-state index contributed by atoms with van der Waals surface area (Å²) in [4.78, 5) is 4.65. The van der Waals surface area contributed by atoms with Crippen molar-refractivity contribution in [1.82, 2.24) is 10.6 Å². The Bertz CT molecular complexity index is 675. The Morgan fingerprint density at radius 2 is 1.88 bits per heavy atom. The average molecular weight is 493 g/mol. The first kappa shape index (κ1) is 23.2. The van der Waals surface area contributed by atoms with E-state index in [0.717, 1.165) is 42.9 Å². The van der Waals surface area contributed by atoms with Crippen molar-refractivity contribution in [3.8, 4) is 0 Å². The van der Waals surface area contributed by atoms with Crippen LogP contribution in [0.3, 0.4) is 0 Å². The second kappa shape index (κ2) is 11.1. The van der Waals surface area contributed by atoms with Gasteiger partial charge >= 0.3 is 0 Å². The summed E-state index contributed by atoms with van der Waals surface area (Å²) >= 11 is 0. The van der Waals surface area contributed by atoms with Gasteiger partial charge in [0, 0.05) is 26.4 Å². The molecule has 2 N–H and O–H groups in total. The van der Waals surface area contributed by atoms with Crippen LogP contribution in [0.25, 0.3) is 0 Å². The van der Waals surface area contributed by atoms with Gasteiger partial charge in [0.2, 0.25) is 0 Å². The van der Waals surface area contributed by atoms with Crippen LogP contribution in [0.15, 0.2) is 34.2 Å². The summed E-state index contributed by atoms with van der Waals surface area (Å²) in [6.45, 7) is 4.08.